The fourth-order valence-corrected chi connectivity index (χ4v) is 1.53. The number of anilines is 1. The summed E-state index contributed by atoms with van der Waals surface area (Å²) in [7, 11) is 1.64. The number of nitrogens with zero attached hydrogens (tertiary/aromatic N) is 2. The van der Waals surface area contributed by atoms with Gasteiger partial charge in [-0.05, 0) is 24.6 Å². The molecule has 5 heteroatoms. The van der Waals surface area contributed by atoms with Gasteiger partial charge in [0.15, 0.2) is 0 Å². The molecule has 0 amide bonds. The third-order valence-corrected chi connectivity index (χ3v) is 2.51. The first kappa shape index (κ1) is 13.9. The predicted octanol–water partition coefficient (Wildman–Crippen LogP) is 0.580. The molecule has 1 heterocycles. The lowest BCUT2D eigenvalue weighted by molar-refractivity contribution is 0.198. The third-order valence-electron chi connectivity index (χ3n) is 2.51. The second-order valence-corrected chi connectivity index (χ2v) is 3.83. The van der Waals surface area contributed by atoms with Crippen LogP contribution in [0.2, 0.25) is 0 Å². The summed E-state index contributed by atoms with van der Waals surface area (Å²) in [6.07, 6.45) is 1.14. The highest BCUT2D eigenvalue weighted by molar-refractivity contribution is 5.41. The standard InChI is InChI=1S/C12H20N2O3/c1-10(16)11-3-4-13-12(9-11)14(5-7-15)6-8-17-2/h3-4,9-10,15-16H,5-8H2,1-2H3/t10-/m1/s1. The quantitative estimate of drug-likeness (QED) is 0.730. The van der Waals surface area contributed by atoms with Gasteiger partial charge in [-0.15, -0.1) is 0 Å². The summed E-state index contributed by atoms with van der Waals surface area (Å²) in [5.41, 5.74) is 0.815. The predicted molar refractivity (Wildman–Crippen MR) is 66.0 cm³/mol. The molecule has 0 aliphatic carbocycles. The Morgan fingerprint density at radius 1 is 1.47 bits per heavy atom. The maximum Gasteiger partial charge on any atom is 0.128 e. The fraction of sp³-hybridized carbons (Fsp3) is 0.583. The van der Waals surface area contributed by atoms with E-state index in [1.165, 1.54) is 0 Å². The zero-order valence-corrected chi connectivity index (χ0v) is 10.3. The first-order valence-corrected chi connectivity index (χ1v) is 5.67. The van der Waals surface area contributed by atoms with Crippen LogP contribution >= 0.6 is 0 Å². The maximum absolute atomic E-state index is 9.52. The van der Waals surface area contributed by atoms with Crippen molar-refractivity contribution in [1.82, 2.24) is 4.98 Å². The molecule has 1 atom stereocenters. The van der Waals surface area contributed by atoms with Crippen LogP contribution in [0.25, 0.3) is 0 Å². The van der Waals surface area contributed by atoms with E-state index in [4.69, 9.17) is 9.84 Å². The number of methoxy groups -OCH3 is 1. The molecule has 1 aromatic heterocycles. The Bertz CT molecular complexity index is 331. The van der Waals surface area contributed by atoms with E-state index in [0.29, 0.717) is 19.7 Å². The molecule has 17 heavy (non-hydrogen) atoms. The highest BCUT2D eigenvalue weighted by Crippen LogP contribution is 2.17. The molecule has 0 fully saturated rings. The summed E-state index contributed by atoms with van der Waals surface area (Å²) < 4.78 is 5.02. The van der Waals surface area contributed by atoms with Crippen LogP contribution < -0.4 is 4.90 Å². The summed E-state index contributed by atoms with van der Waals surface area (Å²) in [5, 5.41) is 18.5. The average Bonchev–Trinajstić information content (AvgIpc) is 2.34. The summed E-state index contributed by atoms with van der Waals surface area (Å²) in [4.78, 5) is 6.17. The number of pyridine rings is 1. The molecule has 0 saturated heterocycles. The smallest absolute Gasteiger partial charge is 0.128 e. The van der Waals surface area contributed by atoms with Crippen LogP contribution in [0.1, 0.15) is 18.6 Å². The van der Waals surface area contributed by atoms with Crippen molar-refractivity contribution < 1.29 is 14.9 Å². The van der Waals surface area contributed by atoms with Crippen molar-refractivity contribution in [3.8, 4) is 0 Å². The van der Waals surface area contributed by atoms with E-state index in [-0.39, 0.29) is 6.61 Å². The van der Waals surface area contributed by atoms with Gasteiger partial charge in [0.1, 0.15) is 5.82 Å². The topological polar surface area (TPSA) is 65.8 Å². The highest BCUT2D eigenvalue weighted by Gasteiger charge is 2.09. The lowest BCUT2D eigenvalue weighted by Crippen LogP contribution is -2.31. The van der Waals surface area contributed by atoms with E-state index in [1.54, 1.807) is 26.3 Å². The summed E-state index contributed by atoms with van der Waals surface area (Å²) in [6.45, 7) is 3.50. The lowest BCUT2D eigenvalue weighted by Gasteiger charge is -2.23. The van der Waals surface area contributed by atoms with Crippen molar-refractivity contribution in [2.75, 3.05) is 38.3 Å². The highest BCUT2D eigenvalue weighted by atomic mass is 16.5. The van der Waals surface area contributed by atoms with Gasteiger partial charge in [0.05, 0.1) is 19.3 Å². The van der Waals surface area contributed by atoms with Crippen LogP contribution in [0.15, 0.2) is 18.3 Å². The monoisotopic (exact) mass is 240 g/mol. The van der Waals surface area contributed by atoms with Crippen LogP contribution in [0.3, 0.4) is 0 Å². The Morgan fingerprint density at radius 2 is 2.24 bits per heavy atom. The van der Waals surface area contributed by atoms with Gasteiger partial charge in [0, 0.05) is 26.4 Å². The zero-order chi connectivity index (χ0) is 12.7. The van der Waals surface area contributed by atoms with Gasteiger partial charge < -0.3 is 19.8 Å². The molecule has 5 nitrogen and oxygen atoms in total. The van der Waals surface area contributed by atoms with Crippen molar-refractivity contribution in [1.29, 1.82) is 0 Å². The SMILES string of the molecule is COCCN(CCO)c1cc([C@@H](C)O)ccn1. The fourth-order valence-electron chi connectivity index (χ4n) is 1.53. The van der Waals surface area contributed by atoms with Gasteiger partial charge in [0.25, 0.3) is 0 Å². The van der Waals surface area contributed by atoms with Crippen molar-refractivity contribution in [2.24, 2.45) is 0 Å². The Hall–Kier alpha value is -1.17. The summed E-state index contributed by atoms with van der Waals surface area (Å²) in [5.74, 6) is 0.745. The van der Waals surface area contributed by atoms with Crippen molar-refractivity contribution in [2.45, 2.75) is 13.0 Å². The number of hydrogen-bond donors (Lipinski definition) is 2. The molecular weight excluding hydrogens is 220 g/mol. The summed E-state index contributed by atoms with van der Waals surface area (Å²) >= 11 is 0. The maximum atomic E-state index is 9.52. The largest absolute Gasteiger partial charge is 0.395 e. The van der Waals surface area contributed by atoms with E-state index in [0.717, 1.165) is 11.4 Å². The van der Waals surface area contributed by atoms with Gasteiger partial charge in [-0.1, -0.05) is 0 Å². The number of aliphatic hydroxyl groups is 2. The van der Waals surface area contributed by atoms with Gasteiger partial charge in [-0.2, -0.15) is 0 Å². The molecule has 0 aliphatic rings. The molecule has 0 aliphatic heterocycles. The number of hydrogen-bond acceptors (Lipinski definition) is 5. The van der Waals surface area contributed by atoms with Gasteiger partial charge in [-0.25, -0.2) is 4.98 Å². The molecule has 0 radical (unpaired) electrons. The molecule has 1 rings (SSSR count). The van der Waals surface area contributed by atoms with Gasteiger partial charge in [-0.3, -0.25) is 0 Å². The number of rotatable bonds is 7. The molecule has 0 bridgehead atoms. The number of aliphatic hydroxyl groups excluding tert-OH is 2. The normalized spacial score (nSPS) is 12.5. The van der Waals surface area contributed by atoms with Crippen LogP contribution in [-0.2, 0) is 4.74 Å². The molecule has 0 unspecified atom stereocenters. The lowest BCUT2D eigenvalue weighted by atomic mass is 10.1. The zero-order valence-electron chi connectivity index (χ0n) is 10.3. The van der Waals surface area contributed by atoms with Crippen molar-refractivity contribution in [3.05, 3.63) is 23.9 Å². The van der Waals surface area contributed by atoms with E-state index >= 15 is 0 Å². The van der Waals surface area contributed by atoms with Crippen molar-refractivity contribution >= 4 is 5.82 Å². The van der Waals surface area contributed by atoms with Gasteiger partial charge in [0.2, 0.25) is 0 Å². The van der Waals surface area contributed by atoms with Crippen LogP contribution in [0.5, 0.6) is 0 Å². The molecule has 2 N–H and O–H groups in total. The molecule has 1 aromatic rings. The van der Waals surface area contributed by atoms with E-state index in [2.05, 4.69) is 4.98 Å². The second kappa shape index (κ2) is 7.21. The minimum Gasteiger partial charge on any atom is -0.395 e. The number of aromatic nitrogens is 1. The van der Waals surface area contributed by atoms with Crippen LogP contribution in [-0.4, -0.2) is 48.6 Å². The van der Waals surface area contributed by atoms with Crippen LogP contribution in [0, 0.1) is 0 Å². The Labute approximate surface area is 102 Å². The third kappa shape index (κ3) is 4.30. The molecule has 0 saturated carbocycles. The van der Waals surface area contributed by atoms with Crippen molar-refractivity contribution in [3.63, 3.8) is 0 Å². The van der Waals surface area contributed by atoms with E-state index < -0.39 is 6.10 Å². The Kier molecular flexibility index (Phi) is 5.90. The Morgan fingerprint density at radius 3 is 2.82 bits per heavy atom. The molecule has 0 spiro atoms. The minimum absolute atomic E-state index is 0.0598. The summed E-state index contributed by atoms with van der Waals surface area (Å²) in [6, 6.07) is 3.61. The Balaban J connectivity index is 2.81. The molecule has 0 aromatic carbocycles. The van der Waals surface area contributed by atoms with E-state index in [1.807, 2.05) is 11.0 Å². The molecule has 96 valence electrons. The molecular formula is C12H20N2O3. The second-order valence-electron chi connectivity index (χ2n) is 3.83. The van der Waals surface area contributed by atoms with Crippen LogP contribution in [0.4, 0.5) is 5.82 Å². The van der Waals surface area contributed by atoms with Gasteiger partial charge >= 0.3 is 0 Å². The minimum atomic E-state index is -0.518. The van der Waals surface area contributed by atoms with E-state index in [9.17, 15) is 5.11 Å². The first-order chi connectivity index (χ1) is 8.19. The first-order valence-electron chi connectivity index (χ1n) is 5.67. The number of ether oxygens (including phenoxy) is 1. The average molecular weight is 240 g/mol.